The fourth-order valence-electron chi connectivity index (χ4n) is 8.53. The number of hydrogen-bond donors (Lipinski definition) is 4. The van der Waals surface area contributed by atoms with Crippen molar-refractivity contribution >= 4 is 67.8 Å². The molecule has 21 heteroatoms. The number of fused-ring (bicyclic) bond motifs is 2. The molecule has 0 amide bonds. The van der Waals surface area contributed by atoms with Gasteiger partial charge in [-0.3, -0.25) is 10.1 Å². The van der Waals surface area contributed by atoms with Gasteiger partial charge in [0.1, 0.15) is 17.2 Å². The van der Waals surface area contributed by atoms with Crippen LogP contribution in [-0.2, 0) is 23.6 Å². The van der Waals surface area contributed by atoms with E-state index in [-0.39, 0.29) is 5.69 Å². The molecule has 5 N–H and O–H groups in total. The summed E-state index contributed by atoms with van der Waals surface area (Å²) in [5.74, 6) is 1.89. The summed E-state index contributed by atoms with van der Waals surface area (Å²) in [6.45, 7) is 5.99. The molecule has 0 spiro atoms. The highest BCUT2D eigenvalue weighted by Gasteiger charge is 2.23. The zero-order chi connectivity index (χ0) is 54.9. The summed E-state index contributed by atoms with van der Waals surface area (Å²) >= 11 is 0. The number of nitrogens with zero attached hydrogens (tertiary/aromatic N) is 11. The van der Waals surface area contributed by atoms with Gasteiger partial charge in [-0.1, -0.05) is 36.4 Å². The van der Waals surface area contributed by atoms with E-state index in [2.05, 4.69) is 81.9 Å². The van der Waals surface area contributed by atoms with E-state index in [1.807, 2.05) is 94.9 Å². The minimum atomic E-state index is -0.390. The molecule has 404 valence electrons. The van der Waals surface area contributed by atoms with Crippen molar-refractivity contribution in [3.63, 3.8) is 0 Å². The van der Waals surface area contributed by atoms with Gasteiger partial charge in [-0.05, 0) is 44.4 Å². The van der Waals surface area contributed by atoms with Crippen molar-refractivity contribution in [2.45, 2.75) is 0 Å². The third-order valence-corrected chi connectivity index (χ3v) is 12.8. The van der Waals surface area contributed by atoms with Gasteiger partial charge in [0.25, 0.3) is 5.69 Å². The zero-order valence-electron chi connectivity index (χ0n) is 45.4. The Morgan fingerprint density at radius 1 is 0.618 bits per heavy atom. The number of para-hydroxylation sites is 2. The molecule has 0 unspecified atom stereocenters. The van der Waals surface area contributed by atoms with E-state index in [4.69, 9.17) is 39.8 Å². The maximum Gasteiger partial charge on any atom is 0.294 e. The molecular weight excluding hydrogens is 969 g/mol. The molecule has 0 saturated carbocycles. The van der Waals surface area contributed by atoms with Crippen molar-refractivity contribution in [1.29, 1.82) is 0 Å². The van der Waals surface area contributed by atoms with Crippen LogP contribution in [0.1, 0.15) is 0 Å². The number of nitrogens with one attached hydrogen (secondary N) is 2. The molecule has 0 bridgehead atoms. The number of anilines is 7. The number of benzene rings is 4. The molecule has 0 atom stereocenters. The number of aliphatic hydroxyl groups is 1. The highest BCUT2D eigenvalue weighted by atomic mass is 16.6. The number of aromatic nitrogens is 6. The van der Waals surface area contributed by atoms with E-state index in [0.29, 0.717) is 72.4 Å². The second-order valence-corrected chi connectivity index (χ2v) is 18.0. The predicted octanol–water partition coefficient (Wildman–Crippen LogP) is 7.90. The first-order chi connectivity index (χ1) is 36.7. The third kappa shape index (κ3) is 14.2. The standard InChI is InChI=1S/C27H33N7O4.C27H35N7O2.CH4O/c1-31(14-15-37-4)12-13-32(2)24-17-26(38-5)22(16-25(24)34(35)36)30-27-28-11-10-21(29-27)20-18-33(3)23-9-7-6-8-19(20)23;1-32(14-15-35-4)12-13-33(2)25-17-26(36-5)23(16-21(25)28)31-27-29-11-10-22(30-27)20-18-34(3)24-9-7-6-8-19(20)24;1-2/h6-11,16-18H,12-15H2,1-5H3,(H,28,29,30);6-11,16-18H,12-15,28H2,1-5H3,(H,29,30,31);2H,1H3. The molecule has 8 aromatic rings. The molecule has 21 nitrogen and oxygen atoms in total. The number of rotatable bonds is 23. The lowest BCUT2D eigenvalue weighted by Crippen LogP contribution is -2.32. The number of nitro groups is 1. The third-order valence-electron chi connectivity index (χ3n) is 12.8. The highest BCUT2D eigenvalue weighted by molar-refractivity contribution is 5.96. The Labute approximate surface area is 444 Å². The largest absolute Gasteiger partial charge is 0.494 e. The molecule has 0 aliphatic rings. The SMILES string of the molecule is CO.COCCN(C)CCN(C)c1cc(OC)c(Nc2nccc(-c3cn(C)c4ccccc34)n2)cc1N.COCCN(C)CCN(C)c1cc(OC)c(Nc2nccc(-c3cn(C)c4ccccc34)n2)cc1[N+](=O)[O-]. The van der Waals surface area contributed by atoms with Gasteiger partial charge in [0.2, 0.25) is 11.9 Å². The predicted molar refractivity (Wildman–Crippen MR) is 305 cm³/mol. The number of likely N-dealkylation sites (N-methyl/N-ethyl adjacent to an activating group) is 4. The Bertz CT molecular complexity index is 3170. The Kier molecular flexibility index (Phi) is 20.7. The lowest BCUT2D eigenvalue weighted by molar-refractivity contribution is -0.384. The molecule has 4 aromatic carbocycles. The van der Waals surface area contributed by atoms with Gasteiger partial charge < -0.3 is 69.2 Å². The van der Waals surface area contributed by atoms with Crippen molar-refractivity contribution in [3.8, 4) is 34.0 Å². The molecule has 0 aliphatic heterocycles. The Morgan fingerprint density at radius 3 is 1.50 bits per heavy atom. The maximum atomic E-state index is 12.0. The lowest BCUT2D eigenvalue weighted by atomic mass is 10.1. The molecule has 0 aliphatic carbocycles. The molecule has 4 heterocycles. The van der Waals surface area contributed by atoms with Crippen molar-refractivity contribution in [1.82, 2.24) is 38.9 Å². The summed E-state index contributed by atoms with van der Waals surface area (Å²) in [5.41, 5.74) is 15.4. The Morgan fingerprint density at radius 2 is 1.05 bits per heavy atom. The topological polar surface area (TPSA) is 225 Å². The number of aliphatic hydroxyl groups excluding tert-OH is 1. The summed E-state index contributed by atoms with van der Waals surface area (Å²) in [5, 5.41) is 27.7. The van der Waals surface area contributed by atoms with Gasteiger partial charge in [-0.25, -0.2) is 19.9 Å². The number of nitrogens with two attached hydrogens (primary N) is 1. The minimum Gasteiger partial charge on any atom is -0.494 e. The normalized spacial score (nSPS) is 11.0. The molecule has 76 heavy (non-hydrogen) atoms. The quantitative estimate of drug-likeness (QED) is 0.0271. The second-order valence-electron chi connectivity index (χ2n) is 18.0. The minimum absolute atomic E-state index is 0.0412. The number of nitrogen functional groups attached to an aromatic ring is 1. The summed E-state index contributed by atoms with van der Waals surface area (Å²) in [7, 11) is 19.5. The van der Waals surface area contributed by atoms with Crippen molar-refractivity contribution in [3.05, 3.63) is 120 Å². The van der Waals surface area contributed by atoms with E-state index in [0.717, 1.165) is 83.3 Å². The van der Waals surface area contributed by atoms with Crippen LogP contribution < -0.4 is 35.6 Å². The number of methoxy groups -OCH3 is 4. The van der Waals surface area contributed by atoms with E-state index < -0.39 is 4.92 Å². The highest BCUT2D eigenvalue weighted by Crippen LogP contribution is 2.40. The van der Waals surface area contributed by atoms with Crippen LogP contribution in [0.4, 0.5) is 46.0 Å². The van der Waals surface area contributed by atoms with Gasteiger partial charge in [0.05, 0.1) is 66.5 Å². The van der Waals surface area contributed by atoms with Crippen LogP contribution in [0.5, 0.6) is 11.5 Å². The van der Waals surface area contributed by atoms with E-state index >= 15 is 0 Å². The molecule has 8 rings (SSSR count). The number of hydrogen-bond acceptors (Lipinski definition) is 18. The molecular formula is C55H72N14O7. The smallest absolute Gasteiger partial charge is 0.294 e. The second kappa shape index (κ2) is 27.5. The first-order valence-corrected chi connectivity index (χ1v) is 24.6. The molecule has 4 aromatic heterocycles. The van der Waals surface area contributed by atoms with Crippen LogP contribution in [0, 0.1) is 10.1 Å². The number of nitro benzene ring substituents is 1. The van der Waals surface area contributed by atoms with Gasteiger partial charge in [-0.15, -0.1) is 0 Å². The Balaban J connectivity index is 0.000000239. The van der Waals surface area contributed by atoms with Crippen LogP contribution in [0.15, 0.2) is 110 Å². The number of aryl methyl sites for hydroxylation is 2. The van der Waals surface area contributed by atoms with Gasteiger partial charge in [0, 0.05) is 165 Å². The number of ether oxygens (including phenoxy) is 4. The summed E-state index contributed by atoms with van der Waals surface area (Å²) < 4.78 is 25.7. The summed E-state index contributed by atoms with van der Waals surface area (Å²) in [6, 6.07) is 27.1. The summed E-state index contributed by atoms with van der Waals surface area (Å²) in [4.78, 5) is 38.2. The fourth-order valence-corrected chi connectivity index (χ4v) is 8.53. The fraction of sp³-hybridized carbons (Fsp3) is 0.345. The average molecular weight is 1040 g/mol. The van der Waals surface area contributed by atoms with Crippen molar-refractivity contribution in [2.24, 2.45) is 14.1 Å². The van der Waals surface area contributed by atoms with E-state index in [1.54, 1.807) is 39.8 Å². The van der Waals surface area contributed by atoms with Crippen molar-refractivity contribution < 1.29 is 29.0 Å². The average Bonchev–Trinajstić information content (AvgIpc) is 3.96. The molecule has 0 saturated heterocycles. The van der Waals surface area contributed by atoms with E-state index in [9.17, 15) is 10.1 Å². The lowest BCUT2D eigenvalue weighted by Gasteiger charge is -2.25. The van der Waals surface area contributed by atoms with Crippen molar-refractivity contribution in [2.75, 3.05) is 142 Å². The monoisotopic (exact) mass is 1040 g/mol. The first kappa shape index (κ1) is 57.2. The van der Waals surface area contributed by atoms with Gasteiger partial charge in [-0.2, -0.15) is 0 Å². The summed E-state index contributed by atoms with van der Waals surface area (Å²) in [6.07, 6.45) is 7.53. The van der Waals surface area contributed by atoms with Gasteiger partial charge >= 0.3 is 0 Å². The Hall–Kier alpha value is -8.08. The van der Waals surface area contributed by atoms with Crippen LogP contribution in [0.25, 0.3) is 44.3 Å². The van der Waals surface area contributed by atoms with E-state index in [1.165, 1.54) is 13.2 Å². The van der Waals surface area contributed by atoms with Crippen LogP contribution in [-0.4, -0.2) is 165 Å². The first-order valence-electron chi connectivity index (χ1n) is 24.6. The maximum absolute atomic E-state index is 12.0. The molecule has 0 fully saturated rings. The molecule has 0 radical (unpaired) electrons. The zero-order valence-corrected chi connectivity index (χ0v) is 45.4. The van der Waals surface area contributed by atoms with Crippen LogP contribution in [0.2, 0.25) is 0 Å². The van der Waals surface area contributed by atoms with Gasteiger partial charge in [0.15, 0.2) is 0 Å². The van der Waals surface area contributed by atoms with Crippen LogP contribution >= 0.6 is 0 Å². The van der Waals surface area contributed by atoms with Crippen LogP contribution in [0.3, 0.4) is 0 Å².